The Balaban J connectivity index is 1.55. The van der Waals surface area contributed by atoms with Gasteiger partial charge in [-0.15, -0.1) is 15.3 Å². The quantitative estimate of drug-likeness (QED) is 0.678. The molecule has 28 heavy (non-hydrogen) atoms. The van der Waals surface area contributed by atoms with Gasteiger partial charge in [0.15, 0.2) is 0 Å². The zero-order chi connectivity index (χ0) is 19.7. The van der Waals surface area contributed by atoms with Crippen LogP contribution in [0.4, 0.5) is 4.39 Å². The average molecular weight is 384 g/mol. The molecule has 0 spiro atoms. The fourth-order valence-electron chi connectivity index (χ4n) is 3.48. The maximum absolute atomic E-state index is 14.0. The van der Waals surface area contributed by atoms with Crippen LogP contribution in [0.15, 0.2) is 34.9 Å². The van der Waals surface area contributed by atoms with Crippen molar-refractivity contribution in [1.82, 2.24) is 30.1 Å². The lowest BCUT2D eigenvalue weighted by Crippen LogP contribution is -2.33. The van der Waals surface area contributed by atoms with Gasteiger partial charge in [0.25, 0.3) is 5.89 Å². The van der Waals surface area contributed by atoms with Crippen LogP contribution in [-0.2, 0) is 12.1 Å². The predicted octanol–water partition coefficient (Wildman–Crippen LogP) is 3.95. The molecule has 8 heteroatoms. The zero-order valence-corrected chi connectivity index (χ0v) is 16.5. The minimum atomic E-state index is -0.364. The summed E-state index contributed by atoms with van der Waals surface area (Å²) in [5.74, 6) is 0.385. The van der Waals surface area contributed by atoms with Gasteiger partial charge < -0.3 is 4.42 Å². The number of hydrogen-bond donors (Lipinski definition) is 0. The third-order valence-electron chi connectivity index (χ3n) is 5.04. The molecule has 148 valence electrons. The number of hydrogen-bond acceptors (Lipinski definition) is 6. The van der Waals surface area contributed by atoms with Gasteiger partial charge in [-0.2, -0.15) is 0 Å². The van der Waals surface area contributed by atoms with Gasteiger partial charge in [-0.1, -0.05) is 23.8 Å². The summed E-state index contributed by atoms with van der Waals surface area (Å²) in [5, 5.41) is 16.9. The Hall–Kier alpha value is -2.61. The van der Waals surface area contributed by atoms with E-state index in [2.05, 4.69) is 46.2 Å². The lowest BCUT2D eigenvalue weighted by atomic mass is 10.0. The van der Waals surface area contributed by atoms with Crippen LogP contribution in [-0.4, -0.2) is 36.6 Å². The second-order valence-electron chi connectivity index (χ2n) is 8.23. The molecule has 1 fully saturated rings. The summed E-state index contributed by atoms with van der Waals surface area (Å²) < 4.78 is 21.8. The van der Waals surface area contributed by atoms with Crippen molar-refractivity contribution in [1.29, 1.82) is 0 Å². The fraction of sp³-hybridized carbons (Fsp3) is 0.500. The van der Waals surface area contributed by atoms with Gasteiger partial charge in [0.2, 0.25) is 5.89 Å². The largest absolute Gasteiger partial charge is 0.419 e. The SMILES string of the molecule is CC(C)(C)n1cc(CN2CCCCC2c2nnc(-c3ccccc3F)o2)nn1. The van der Waals surface area contributed by atoms with Crippen molar-refractivity contribution in [3.05, 3.63) is 47.9 Å². The Labute approximate surface area is 163 Å². The van der Waals surface area contributed by atoms with Gasteiger partial charge in [-0.25, -0.2) is 9.07 Å². The van der Waals surface area contributed by atoms with Crippen LogP contribution in [0.5, 0.6) is 0 Å². The Bertz CT molecular complexity index is 944. The number of aromatic nitrogens is 5. The molecular weight excluding hydrogens is 359 g/mol. The van der Waals surface area contributed by atoms with E-state index in [0.29, 0.717) is 18.0 Å². The molecule has 7 nitrogen and oxygen atoms in total. The highest BCUT2D eigenvalue weighted by Crippen LogP contribution is 2.33. The van der Waals surface area contributed by atoms with E-state index in [1.54, 1.807) is 18.2 Å². The number of nitrogens with zero attached hydrogens (tertiary/aromatic N) is 6. The maximum atomic E-state index is 14.0. The molecule has 0 amide bonds. The van der Waals surface area contributed by atoms with Crippen LogP contribution in [0.1, 0.15) is 57.7 Å². The van der Waals surface area contributed by atoms with Crippen molar-refractivity contribution in [2.45, 2.75) is 58.2 Å². The molecule has 0 bridgehead atoms. The molecule has 2 aromatic heterocycles. The van der Waals surface area contributed by atoms with Crippen molar-refractivity contribution < 1.29 is 8.81 Å². The predicted molar refractivity (Wildman–Crippen MR) is 102 cm³/mol. The molecule has 1 aliphatic rings. The molecule has 3 heterocycles. The van der Waals surface area contributed by atoms with Crippen LogP contribution >= 0.6 is 0 Å². The van der Waals surface area contributed by atoms with E-state index >= 15 is 0 Å². The van der Waals surface area contributed by atoms with Crippen LogP contribution in [0.2, 0.25) is 0 Å². The lowest BCUT2D eigenvalue weighted by Gasteiger charge is -2.32. The Morgan fingerprint density at radius 2 is 1.96 bits per heavy atom. The molecule has 0 aliphatic carbocycles. The third kappa shape index (κ3) is 3.82. The summed E-state index contributed by atoms with van der Waals surface area (Å²) in [6.07, 6.45) is 5.11. The minimum Gasteiger partial charge on any atom is -0.419 e. The fourth-order valence-corrected chi connectivity index (χ4v) is 3.48. The van der Waals surface area contributed by atoms with Crippen molar-refractivity contribution in [2.75, 3.05) is 6.54 Å². The minimum absolute atomic E-state index is 0.00144. The smallest absolute Gasteiger partial charge is 0.250 e. The molecule has 1 saturated heterocycles. The summed E-state index contributed by atoms with van der Waals surface area (Å²) in [6.45, 7) is 7.87. The molecule has 1 aliphatic heterocycles. The topological polar surface area (TPSA) is 72.9 Å². The number of likely N-dealkylation sites (tertiary alicyclic amines) is 1. The summed E-state index contributed by atoms with van der Waals surface area (Å²) in [6, 6.07) is 6.44. The molecule has 3 aromatic rings. The Morgan fingerprint density at radius 1 is 1.14 bits per heavy atom. The van der Waals surface area contributed by atoms with E-state index in [0.717, 1.165) is 31.5 Å². The van der Waals surface area contributed by atoms with E-state index in [1.165, 1.54) is 6.07 Å². The summed E-state index contributed by atoms with van der Waals surface area (Å²) in [7, 11) is 0. The highest BCUT2D eigenvalue weighted by atomic mass is 19.1. The summed E-state index contributed by atoms with van der Waals surface area (Å²) >= 11 is 0. The van der Waals surface area contributed by atoms with Crippen LogP contribution in [0.3, 0.4) is 0 Å². The highest BCUT2D eigenvalue weighted by Gasteiger charge is 2.30. The monoisotopic (exact) mass is 384 g/mol. The van der Waals surface area contributed by atoms with Gasteiger partial charge in [0.05, 0.1) is 29.0 Å². The van der Waals surface area contributed by atoms with Gasteiger partial charge in [0.1, 0.15) is 5.82 Å². The van der Waals surface area contributed by atoms with Crippen LogP contribution in [0.25, 0.3) is 11.5 Å². The first kappa shape index (κ1) is 18.7. The standard InChI is InChI=1S/C20H25FN6O/c1-20(2,3)27-13-14(22-25-27)12-26-11-7-6-10-17(26)19-24-23-18(28-19)15-8-4-5-9-16(15)21/h4-5,8-9,13,17H,6-7,10-12H2,1-3H3. The summed E-state index contributed by atoms with van der Waals surface area (Å²) in [4.78, 5) is 2.29. The lowest BCUT2D eigenvalue weighted by molar-refractivity contribution is 0.116. The normalized spacial score (nSPS) is 18.5. The van der Waals surface area contributed by atoms with Gasteiger partial charge in [-0.05, 0) is 52.3 Å². The molecule has 0 saturated carbocycles. The van der Waals surface area contributed by atoms with Gasteiger partial charge in [-0.3, -0.25) is 4.90 Å². The Morgan fingerprint density at radius 3 is 2.71 bits per heavy atom. The van der Waals surface area contributed by atoms with E-state index in [1.807, 2.05) is 10.9 Å². The Kier molecular flexibility index (Phi) is 4.97. The van der Waals surface area contributed by atoms with Gasteiger partial charge >= 0.3 is 0 Å². The second-order valence-corrected chi connectivity index (χ2v) is 8.23. The number of piperidine rings is 1. The van der Waals surface area contributed by atoms with Crippen LogP contribution in [0, 0.1) is 5.82 Å². The number of rotatable bonds is 4. The maximum Gasteiger partial charge on any atom is 0.250 e. The molecule has 1 unspecified atom stereocenters. The van der Waals surface area contributed by atoms with E-state index in [-0.39, 0.29) is 23.3 Å². The number of halogens is 1. The first-order chi connectivity index (χ1) is 13.4. The zero-order valence-electron chi connectivity index (χ0n) is 16.5. The highest BCUT2D eigenvalue weighted by molar-refractivity contribution is 5.53. The number of benzene rings is 1. The molecule has 1 atom stereocenters. The van der Waals surface area contributed by atoms with Crippen molar-refractivity contribution >= 4 is 0 Å². The molecule has 1 aromatic carbocycles. The average Bonchev–Trinajstić information content (AvgIpc) is 3.32. The third-order valence-corrected chi connectivity index (χ3v) is 5.04. The molecular formula is C20H25FN6O. The van der Waals surface area contributed by atoms with Gasteiger partial charge in [0, 0.05) is 6.54 Å². The van der Waals surface area contributed by atoms with Crippen LogP contribution < -0.4 is 0 Å². The molecule has 4 rings (SSSR count). The first-order valence-electron chi connectivity index (χ1n) is 9.66. The summed E-state index contributed by atoms with van der Waals surface area (Å²) in [5.41, 5.74) is 1.14. The van der Waals surface area contributed by atoms with E-state index in [9.17, 15) is 4.39 Å². The van der Waals surface area contributed by atoms with E-state index < -0.39 is 0 Å². The first-order valence-corrected chi connectivity index (χ1v) is 9.66. The molecule has 0 N–H and O–H groups in total. The van der Waals surface area contributed by atoms with Crippen molar-refractivity contribution in [3.63, 3.8) is 0 Å². The van der Waals surface area contributed by atoms with E-state index in [4.69, 9.17) is 4.42 Å². The second kappa shape index (κ2) is 7.43. The van der Waals surface area contributed by atoms with Crippen molar-refractivity contribution in [3.8, 4) is 11.5 Å². The molecule has 0 radical (unpaired) electrons. The van der Waals surface area contributed by atoms with Crippen molar-refractivity contribution in [2.24, 2.45) is 0 Å².